The minimum absolute atomic E-state index is 0.0284. The van der Waals surface area contributed by atoms with Crippen molar-refractivity contribution in [2.45, 2.75) is 332 Å². The number of amides is 15. The van der Waals surface area contributed by atoms with Crippen molar-refractivity contribution in [3.05, 3.63) is 114 Å². The molecule has 17 atom stereocenters. The van der Waals surface area contributed by atoms with Gasteiger partial charge in [-0.05, 0) is 165 Å². The number of hydrogen-bond acceptors (Lipinski definition) is 22. The third kappa shape index (κ3) is 28.6. The SMILES string of the molecule is C=CCNC(=O)C(=O)C(CCC)NC(=O)[C@@H]1[C@@H]2[C@H](CN1C(=O)[C@@H](NC(=O)N[C@H](C(=O)OCc1ccccc1)C(C)C)C(C)(C)C)C2(C)C.CC(C)(C)[C@@H](NC(=O)N[C@H](C(=O)N1C[C@H]2[C@@H]([C@H]1C(=O)NC(CC1CC1)C(=O)C(N)=O)C2(C)C)C1CCCCC1)C(=O)OCc1ccccc1.COc1ccc(COC(=O)C2(NC(=O)N[C@H](C(=O)N3C[C@H]4[C@@H]([C@H]3C(=O)NC(CC3CC3)C(=O)C(N)=O)C4(C)C)C(C)(C)C)CCCCC2)cc1. The predicted molar refractivity (Wildman–Crippen MR) is 546 cm³/mol. The number of likely N-dealkylation sites (tertiary alicyclic amines) is 3. The van der Waals surface area contributed by atoms with Gasteiger partial charge in [0.15, 0.2) is 0 Å². The molecule has 3 aliphatic heterocycles. The highest BCUT2D eigenvalue weighted by molar-refractivity contribution is 6.39. The van der Waals surface area contributed by atoms with Crippen LogP contribution in [0.5, 0.6) is 5.75 Å². The Balaban J connectivity index is 0.000000210. The molecule has 7 saturated carbocycles. The fraction of sp³-hybridized carbons (Fsp3) is 0.655. The number of rotatable bonds is 41. The minimum Gasteiger partial charge on any atom is -0.497 e. The van der Waals surface area contributed by atoms with Crippen molar-refractivity contribution in [3.8, 4) is 5.75 Å². The molecule has 0 bridgehead atoms. The van der Waals surface area contributed by atoms with Crippen molar-refractivity contribution in [1.82, 2.24) is 67.9 Å². The number of nitrogens with zero attached hydrogens (tertiary/aromatic N) is 3. The molecule has 0 spiro atoms. The lowest BCUT2D eigenvalue weighted by molar-refractivity contribution is -0.154. The third-order valence-corrected chi connectivity index (χ3v) is 31.9. The molecule has 37 heteroatoms. The van der Waals surface area contributed by atoms with E-state index >= 15 is 0 Å². The number of Topliss-reactive ketones (excluding diaryl/α,β-unsaturated/α-hetero) is 3. The summed E-state index contributed by atoms with van der Waals surface area (Å²) < 4.78 is 22.0. The largest absolute Gasteiger partial charge is 0.497 e. The summed E-state index contributed by atoms with van der Waals surface area (Å²) in [5.74, 6) is -9.50. The van der Waals surface area contributed by atoms with E-state index in [1.54, 1.807) is 70.9 Å². The monoisotopic (exact) mass is 2040 g/mol. The van der Waals surface area contributed by atoms with Crippen LogP contribution < -0.4 is 69.4 Å². The number of primary amides is 2. The zero-order valence-electron chi connectivity index (χ0n) is 89.1. The first-order valence-corrected chi connectivity index (χ1v) is 52.4. The number of esters is 3. The molecular weight excluding hydrogens is 1880 g/mol. The van der Waals surface area contributed by atoms with E-state index < -0.39 is 189 Å². The van der Waals surface area contributed by atoms with Crippen LogP contribution in [0.15, 0.2) is 97.6 Å². The van der Waals surface area contributed by atoms with Crippen LogP contribution in [-0.4, -0.2) is 227 Å². The highest BCUT2D eigenvalue weighted by atomic mass is 16.5. The average molecular weight is 2040 g/mol. The first-order chi connectivity index (χ1) is 69.0. The minimum atomic E-state index is -1.26. The summed E-state index contributed by atoms with van der Waals surface area (Å²) >= 11 is 0. The molecule has 14 N–H and O–H groups in total. The Morgan fingerprint density at radius 3 is 1.24 bits per heavy atom. The van der Waals surface area contributed by atoms with Gasteiger partial charge in [0.2, 0.25) is 52.8 Å². The van der Waals surface area contributed by atoms with Crippen LogP contribution in [-0.2, 0) is 106 Å². The summed E-state index contributed by atoms with van der Waals surface area (Å²) in [5, 5.41) is 27.7. The summed E-state index contributed by atoms with van der Waals surface area (Å²) in [4.78, 5) is 245. The van der Waals surface area contributed by atoms with Gasteiger partial charge in [0, 0.05) is 26.2 Å². The van der Waals surface area contributed by atoms with Gasteiger partial charge >= 0.3 is 36.0 Å². The van der Waals surface area contributed by atoms with E-state index in [0.29, 0.717) is 57.5 Å². The first kappa shape index (κ1) is 115. The number of ether oxygens (including phenoxy) is 4. The number of carbonyl (C=O) groups is 18. The van der Waals surface area contributed by atoms with Gasteiger partial charge in [-0.15, -0.1) is 6.58 Å². The molecule has 3 aromatic carbocycles. The Morgan fingerprint density at radius 1 is 0.449 bits per heavy atom. The second-order valence-electron chi connectivity index (χ2n) is 47.4. The van der Waals surface area contributed by atoms with Crippen LogP contribution in [0.4, 0.5) is 14.4 Å². The quantitative estimate of drug-likeness (QED) is 0.0109. The van der Waals surface area contributed by atoms with E-state index in [-0.39, 0.29) is 114 Å². The average Bonchev–Trinajstić information content (AvgIpc) is 1.53. The summed E-state index contributed by atoms with van der Waals surface area (Å²) in [7, 11) is 1.57. The van der Waals surface area contributed by atoms with Crippen LogP contribution in [0.1, 0.15) is 257 Å². The van der Waals surface area contributed by atoms with Crippen molar-refractivity contribution in [2.75, 3.05) is 33.3 Å². The lowest BCUT2D eigenvalue weighted by atomic mass is 9.81. The Morgan fingerprint density at radius 2 is 0.837 bits per heavy atom. The number of hydrogen-bond donors (Lipinski definition) is 12. The Labute approximate surface area is 863 Å². The molecule has 13 rings (SSSR count). The number of ketones is 3. The Hall–Kier alpha value is -12.3. The van der Waals surface area contributed by atoms with Crippen molar-refractivity contribution in [2.24, 2.45) is 103 Å². The van der Waals surface area contributed by atoms with E-state index in [0.717, 1.165) is 93.7 Å². The van der Waals surface area contributed by atoms with Gasteiger partial charge in [0.25, 0.3) is 17.7 Å². The number of methoxy groups -OCH3 is 1. The van der Waals surface area contributed by atoms with Crippen molar-refractivity contribution >= 4 is 107 Å². The van der Waals surface area contributed by atoms with Gasteiger partial charge in [-0.2, -0.15) is 0 Å². The standard InChI is InChI=1S/C37H53N5O8.C37H53N5O7.C36H53N5O7/c1-35(2,3)29(40-34(48)41-37(16-8-7-9-17-37)33(47)50-20-22-12-14-23(49-6)15-13-22)32(46)42-19-24-26(36(24,4)5)27(42)31(45)39-25(18-21-10-11-21)28(43)30(38)44;1-36(2,3)30(34(47)49-20-22-12-8-6-9-13-22)41-35(48)40-27(23-14-10-7-11-15-23)33(46)42-19-24-26(37(24,4)5)28(42)32(45)39-25(18-21-16-17-21)29(43)31(38)44;1-10-15-24(28(42)31(44)37-18-11-2)38-30(43)27-25-23(36(25,8)9)19-41(27)32(45)29(35(5,6)7)40-34(47)39-26(21(3)4)33(46)48-20-22-16-13-12-14-17-22/h12-15,21,24-27,29H,7-11,16-20H2,1-6H3,(H2,38,44)(H,39,45)(H2,40,41,48);6,8-9,12-13,21,23-28,30H,7,10-11,14-20H2,1-5H3,(H2,38,44)(H,39,45)(H2,40,41,48);11-14,16-17,21,23-27,29H,2,10,15,18-20H2,1,3-9H3,(H,37,44)(H,38,43)(H2,39,40,47)/t24-,25?,26-,27-,29+;24-,25?,26-,27-,28-,30-;23-,24?,25-,26-,27-,29+/m000/s1. The lowest BCUT2D eigenvalue weighted by Gasteiger charge is -2.39. The number of benzene rings is 3. The van der Waals surface area contributed by atoms with Gasteiger partial charge in [-0.1, -0.05) is 274 Å². The van der Waals surface area contributed by atoms with Crippen molar-refractivity contribution in [3.63, 3.8) is 0 Å². The van der Waals surface area contributed by atoms with Crippen LogP contribution in [0.2, 0.25) is 0 Å². The summed E-state index contributed by atoms with van der Waals surface area (Å²) in [6.07, 6.45) is 14.0. The second kappa shape index (κ2) is 47.9. The predicted octanol–water partition coefficient (Wildman–Crippen LogP) is 9.30. The van der Waals surface area contributed by atoms with Crippen LogP contribution in [0, 0.1) is 91.7 Å². The van der Waals surface area contributed by atoms with Crippen LogP contribution in [0.3, 0.4) is 0 Å². The van der Waals surface area contributed by atoms with Crippen LogP contribution >= 0.6 is 0 Å². The molecule has 10 aliphatic rings. The second-order valence-corrected chi connectivity index (χ2v) is 47.4. The topological polar surface area (TPSA) is 526 Å². The number of fused-ring (bicyclic) bond motifs is 3. The van der Waals surface area contributed by atoms with Gasteiger partial charge in [0.05, 0.1) is 25.2 Å². The summed E-state index contributed by atoms with van der Waals surface area (Å²) in [6.45, 7) is 38.8. The molecule has 806 valence electrons. The Bertz CT molecular complexity index is 5320. The molecule has 15 amide bonds. The van der Waals surface area contributed by atoms with E-state index in [2.05, 4.69) is 73.6 Å². The van der Waals surface area contributed by atoms with Crippen molar-refractivity contribution in [1.29, 1.82) is 0 Å². The maximum Gasteiger partial charge on any atom is 0.332 e. The number of carbonyl (C=O) groups excluding carboxylic acids is 18. The van der Waals surface area contributed by atoms with Gasteiger partial charge in [0.1, 0.15) is 79.4 Å². The first-order valence-electron chi connectivity index (χ1n) is 52.4. The van der Waals surface area contributed by atoms with Crippen LogP contribution in [0.25, 0.3) is 0 Å². The van der Waals surface area contributed by atoms with Gasteiger partial charge in [-0.25, -0.2) is 28.8 Å². The molecular formula is C110H159N15O22. The molecule has 10 fully saturated rings. The maximum absolute atomic E-state index is 14.5. The van der Waals surface area contributed by atoms with E-state index in [1.807, 2.05) is 137 Å². The molecule has 0 aromatic heterocycles. The van der Waals surface area contributed by atoms with Gasteiger partial charge in [-0.3, -0.25) is 57.5 Å². The fourth-order valence-corrected chi connectivity index (χ4v) is 22.3. The number of nitrogens with two attached hydrogens (primary N) is 2. The maximum atomic E-state index is 14.5. The molecule has 147 heavy (non-hydrogen) atoms. The highest BCUT2D eigenvalue weighted by Gasteiger charge is 2.73. The lowest BCUT2D eigenvalue weighted by Crippen LogP contribution is -2.64. The molecule has 0 radical (unpaired) electrons. The zero-order chi connectivity index (χ0) is 108. The molecule has 7 aliphatic carbocycles. The molecule has 37 nitrogen and oxygen atoms in total. The molecule has 3 unspecified atom stereocenters. The van der Waals surface area contributed by atoms with Crippen molar-refractivity contribution < 1.29 is 105 Å². The third-order valence-electron chi connectivity index (χ3n) is 31.9. The molecule has 3 saturated heterocycles. The van der Waals surface area contributed by atoms with E-state index in [9.17, 15) is 86.3 Å². The molecule has 3 heterocycles. The van der Waals surface area contributed by atoms with Gasteiger partial charge < -0.3 is 98.3 Å². The highest BCUT2D eigenvalue weighted by Crippen LogP contribution is 2.67. The van der Waals surface area contributed by atoms with E-state index in [4.69, 9.17) is 30.4 Å². The molecule has 3 aromatic rings. The number of urea groups is 3. The fourth-order valence-electron chi connectivity index (χ4n) is 22.3. The Kier molecular flexibility index (Phi) is 37.4. The smallest absolute Gasteiger partial charge is 0.332 e. The zero-order valence-corrected chi connectivity index (χ0v) is 89.1. The van der Waals surface area contributed by atoms with E-state index in [1.165, 1.54) is 15.9 Å². The number of piperidine rings is 3. The normalized spacial score (nSPS) is 23.5. The summed E-state index contributed by atoms with van der Waals surface area (Å²) in [6, 6.07) is 12.8. The summed E-state index contributed by atoms with van der Waals surface area (Å²) in [5.41, 5.74) is 8.93. The number of nitrogens with one attached hydrogen (secondary N) is 10.